The van der Waals surface area contributed by atoms with Gasteiger partial charge in [-0.3, -0.25) is 4.79 Å². The summed E-state index contributed by atoms with van der Waals surface area (Å²) in [4.78, 5) is 11.9. The third-order valence-corrected chi connectivity index (χ3v) is 4.11. The maximum atomic E-state index is 11.9. The van der Waals surface area contributed by atoms with Gasteiger partial charge in [-0.1, -0.05) is 30.2 Å². The predicted molar refractivity (Wildman–Crippen MR) is 57.2 cm³/mol. The Labute approximate surface area is 90.0 Å². The largest absolute Gasteiger partial charge is 0.465 e. The van der Waals surface area contributed by atoms with Gasteiger partial charge < -0.3 is 4.74 Å². The number of hydrogen-bond acceptors (Lipinski definition) is 2. The van der Waals surface area contributed by atoms with Crippen molar-refractivity contribution in [3.8, 4) is 0 Å². The number of rotatable bonds is 0. The molecule has 2 atom stereocenters. The summed E-state index contributed by atoms with van der Waals surface area (Å²) in [6.07, 6.45) is 12.1. The minimum Gasteiger partial charge on any atom is -0.465 e. The van der Waals surface area contributed by atoms with E-state index in [1.807, 2.05) is 0 Å². The van der Waals surface area contributed by atoms with E-state index in [0.717, 1.165) is 12.8 Å². The number of fused-ring (bicyclic) bond motifs is 2. The second kappa shape index (κ2) is 3.22. The zero-order valence-corrected chi connectivity index (χ0v) is 8.87. The first-order chi connectivity index (χ1) is 7.33. The van der Waals surface area contributed by atoms with E-state index in [1.165, 1.54) is 24.8 Å². The van der Waals surface area contributed by atoms with Crippen molar-refractivity contribution in [1.82, 2.24) is 0 Å². The molecule has 1 spiro atoms. The van der Waals surface area contributed by atoms with Crippen LogP contribution in [0.25, 0.3) is 0 Å². The van der Waals surface area contributed by atoms with Crippen molar-refractivity contribution >= 4 is 5.97 Å². The Hall–Kier alpha value is -1.05. The van der Waals surface area contributed by atoms with E-state index in [1.54, 1.807) is 0 Å². The summed E-state index contributed by atoms with van der Waals surface area (Å²) >= 11 is 0. The zero-order valence-electron chi connectivity index (χ0n) is 8.87. The highest BCUT2D eigenvalue weighted by Gasteiger charge is 2.50. The van der Waals surface area contributed by atoms with Gasteiger partial charge in [0.2, 0.25) is 0 Å². The normalized spacial score (nSPS) is 38.8. The van der Waals surface area contributed by atoms with Gasteiger partial charge in [-0.15, -0.1) is 0 Å². The number of hydrogen-bond donors (Lipinski definition) is 0. The van der Waals surface area contributed by atoms with E-state index in [2.05, 4.69) is 18.2 Å². The number of allylic oxidation sites excluding steroid dienone is 3. The topological polar surface area (TPSA) is 26.3 Å². The molecule has 0 aromatic carbocycles. The quantitative estimate of drug-likeness (QED) is 0.567. The van der Waals surface area contributed by atoms with Crippen molar-refractivity contribution in [2.75, 3.05) is 6.61 Å². The van der Waals surface area contributed by atoms with Crippen molar-refractivity contribution in [3.05, 3.63) is 23.8 Å². The smallest absolute Gasteiger partial charge is 0.316 e. The van der Waals surface area contributed by atoms with Crippen LogP contribution in [-0.2, 0) is 9.53 Å². The fourth-order valence-electron chi connectivity index (χ4n) is 3.30. The molecule has 2 nitrogen and oxygen atoms in total. The molecule has 1 saturated carbocycles. The molecule has 0 N–H and O–H groups in total. The summed E-state index contributed by atoms with van der Waals surface area (Å²) in [5.41, 5.74) is 1.19. The van der Waals surface area contributed by atoms with Gasteiger partial charge in [0.1, 0.15) is 0 Å². The van der Waals surface area contributed by atoms with Crippen LogP contribution >= 0.6 is 0 Å². The summed E-state index contributed by atoms with van der Waals surface area (Å²) in [6.45, 7) is 0.604. The van der Waals surface area contributed by atoms with Crippen LogP contribution in [0.3, 0.4) is 0 Å². The SMILES string of the molecule is O=C1OCC[C@@]12C=CC=C1CCCC[C@@H]12. The Morgan fingerprint density at radius 2 is 2.33 bits per heavy atom. The number of esters is 1. The Morgan fingerprint density at radius 1 is 1.40 bits per heavy atom. The van der Waals surface area contributed by atoms with Crippen LogP contribution in [0.2, 0.25) is 0 Å². The summed E-state index contributed by atoms with van der Waals surface area (Å²) in [5.74, 6) is 0.447. The standard InChI is InChI=1S/C13H16O2/c14-12-13(8-9-15-12)7-3-5-10-4-1-2-6-11(10)13/h3,5,7,11H,1-2,4,6,8-9H2/t11-,13+/m0/s1. The molecule has 0 aromatic heterocycles. The third-order valence-electron chi connectivity index (χ3n) is 4.11. The van der Waals surface area contributed by atoms with Crippen molar-refractivity contribution in [1.29, 1.82) is 0 Å². The van der Waals surface area contributed by atoms with E-state index >= 15 is 0 Å². The molecule has 0 unspecified atom stereocenters. The molecule has 1 heterocycles. The molecule has 15 heavy (non-hydrogen) atoms. The first-order valence-corrected chi connectivity index (χ1v) is 5.88. The molecular formula is C13H16O2. The number of carbonyl (C=O) groups is 1. The minimum atomic E-state index is -0.287. The van der Waals surface area contributed by atoms with Crippen LogP contribution in [0, 0.1) is 11.3 Å². The molecule has 0 bridgehead atoms. The maximum Gasteiger partial charge on any atom is 0.316 e. The molecule has 2 aliphatic carbocycles. The van der Waals surface area contributed by atoms with Crippen LogP contribution in [0.1, 0.15) is 32.1 Å². The van der Waals surface area contributed by atoms with Crippen LogP contribution in [0.15, 0.2) is 23.8 Å². The maximum absolute atomic E-state index is 11.9. The van der Waals surface area contributed by atoms with Gasteiger partial charge in [0.15, 0.2) is 0 Å². The van der Waals surface area contributed by atoms with Gasteiger partial charge in [-0.2, -0.15) is 0 Å². The molecule has 3 aliphatic rings. The number of ether oxygens (including phenoxy) is 1. The molecule has 3 rings (SSSR count). The lowest BCUT2D eigenvalue weighted by atomic mass is 9.63. The fourth-order valence-corrected chi connectivity index (χ4v) is 3.30. The minimum absolute atomic E-state index is 0.0104. The first-order valence-electron chi connectivity index (χ1n) is 5.88. The molecule has 2 heteroatoms. The predicted octanol–water partition coefficient (Wildman–Crippen LogP) is 2.61. The summed E-state index contributed by atoms with van der Waals surface area (Å²) in [7, 11) is 0. The first kappa shape index (κ1) is 9.20. The zero-order chi connectivity index (χ0) is 10.3. The molecule has 1 aliphatic heterocycles. The second-order valence-electron chi connectivity index (χ2n) is 4.83. The van der Waals surface area contributed by atoms with Crippen molar-refractivity contribution in [3.63, 3.8) is 0 Å². The van der Waals surface area contributed by atoms with Crippen molar-refractivity contribution in [2.45, 2.75) is 32.1 Å². The number of cyclic esters (lactones) is 1. The van der Waals surface area contributed by atoms with Gasteiger partial charge in [0.25, 0.3) is 0 Å². The third kappa shape index (κ3) is 1.20. The average molecular weight is 204 g/mol. The molecule has 0 aromatic rings. The van der Waals surface area contributed by atoms with E-state index in [4.69, 9.17) is 4.74 Å². The Kier molecular flexibility index (Phi) is 1.98. The summed E-state index contributed by atoms with van der Waals surface area (Å²) < 4.78 is 5.18. The van der Waals surface area contributed by atoms with E-state index in [0.29, 0.717) is 12.5 Å². The second-order valence-corrected chi connectivity index (χ2v) is 4.83. The molecule has 1 saturated heterocycles. The highest BCUT2D eigenvalue weighted by Crippen LogP contribution is 2.50. The highest BCUT2D eigenvalue weighted by atomic mass is 16.5. The van der Waals surface area contributed by atoms with Gasteiger partial charge in [-0.25, -0.2) is 0 Å². The molecule has 2 fully saturated rings. The highest BCUT2D eigenvalue weighted by molar-refractivity contribution is 5.82. The van der Waals surface area contributed by atoms with Crippen LogP contribution < -0.4 is 0 Å². The molecule has 0 radical (unpaired) electrons. The Morgan fingerprint density at radius 3 is 3.13 bits per heavy atom. The van der Waals surface area contributed by atoms with Gasteiger partial charge in [0, 0.05) is 6.42 Å². The van der Waals surface area contributed by atoms with Gasteiger partial charge in [-0.05, 0) is 25.2 Å². The summed E-state index contributed by atoms with van der Waals surface area (Å²) in [6, 6.07) is 0. The lowest BCUT2D eigenvalue weighted by molar-refractivity contribution is -0.146. The van der Waals surface area contributed by atoms with Crippen LogP contribution in [0.5, 0.6) is 0 Å². The summed E-state index contributed by atoms with van der Waals surface area (Å²) in [5, 5.41) is 0. The van der Waals surface area contributed by atoms with Crippen LogP contribution in [-0.4, -0.2) is 12.6 Å². The van der Waals surface area contributed by atoms with Gasteiger partial charge in [0.05, 0.1) is 12.0 Å². The number of carbonyl (C=O) groups excluding carboxylic acids is 1. The van der Waals surface area contributed by atoms with Crippen LogP contribution in [0.4, 0.5) is 0 Å². The van der Waals surface area contributed by atoms with Crippen molar-refractivity contribution in [2.24, 2.45) is 11.3 Å². The van der Waals surface area contributed by atoms with E-state index in [-0.39, 0.29) is 11.4 Å². The van der Waals surface area contributed by atoms with E-state index in [9.17, 15) is 4.79 Å². The Bertz CT molecular complexity index is 354. The van der Waals surface area contributed by atoms with E-state index < -0.39 is 0 Å². The Balaban J connectivity index is 2.00. The molecule has 80 valence electrons. The average Bonchev–Trinajstić information content (AvgIpc) is 2.62. The molecule has 0 amide bonds. The monoisotopic (exact) mass is 204 g/mol. The lowest BCUT2D eigenvalue weighted by Gasteiger charge is -2.38. The lowest BCUT2D eigenvalue weighted by Crippen LogP contribution is -2.37. The van der Waals surface area contributed by atoms with Crippen molar-refractivity contribution < 1.29 is 9.53 Å². The van der Waals surface area contributed by atoms with Gasteiger partial charge >= 0.3 is 5.97 Å². The fraction of sp³-hybridized carbons (Fsp3) is 0.615. The molecular weight excluding hydrogens is 188 g/mol.